The Kier molecular flexibility index (Phi) is 5.31. The Morgan fingerprint density at radius 1 is 1.05 bits per heavy atom. The number of methoxy groups -OCH3 is 2. The number of para-hydroxylation sites is 1. The zero-order valence-electron chi connectivity index (χ0n) is 11.2. The van der Waals surface area contributed by atoms with E-state index < -0.39 is 0 Å². The second-order valence-electron chi connectivity index (χ2n) is 4.13. The van der Waals surface area contributed by atoms with Crippen molar-refractivity contribution in [2.24, 2.45) is 0 Å². The molecular formula is C15H15Br2NO2. The fourth-order valence-electron chi connectivity index (χ4n) is 1.92. The second kappa shape index (κ2) is 6.99. The summed E-state index contributed by atoms with van der Waals surface area (Å²) in [6, 6.07) is 11.9. The normalized spacial score (nSPS) is 10.2. The minimum atomic E-state index is 0.653. The molecule has 0 spiro atoms. The smallest absolute Gasteiger partial charge is 0.165 e. The number of anilines is 1. The first-order chi connectivity index (χ1) is 9.65. The molecule has 0 atom stereocenters. The van der Waals surface area contributed by atoms with Crippen molar-refractivity contribution in [3.63, 3.8) is 0 Å². The van der Waals surface area contributed by atoms with Crippen LogP contribution < -0.4 is 14.8 Å². The highest BCUT2D eigenvalue weighted by atomic mass is 79.9. The molecule has 2 rings (SSSR count). The highest BCUT2D eigenvalue weighted by Crippen LogP contribution is 2.32. The molecule has 0 saturated carbocycles. The maximum Gasteiger partial charge on any atom is 0.165 e. The van der Waals surface area contributed by atoms with Gasteiger partial charge in [0.2, 0.25) is 0 Å². The van der Waals surface area contributed by atoms with E-state index in [0.29, 0.717) is 6.54 Å². The fourth-order valence-corrected chi connectivity index (χ4v) is 3.10. The summed E-state index contributed by atoms with van der Waals surface area (Å²) >= 11 is 6.98. The maximum atomic E-state index is 5.42. The highest BCUT2D eigenvalue weighted by molar-refractivity contribution is 9.11. The van der Waals surface area contributed by atoms with Crippen LogP contribution in [0.4, 0.5) is 5.69 Å². The number of hydrogen-bond acceptors (Lipinski definition) is 3. The van der Waals surface area contributed by atoms with E-state index in [1.807, 2.05) is 36.4 Å². The topological polar surface area (TPSA) is 30.5 Å². The molecule has 0 radical (unpaired) electrons. The van der Waals surface area contributed by atoms with Crippen LogP contribution in [-0.4, -0.2) is 14.2 Å². The monoisotopic (exact) mass is 399 g/mol. The molecule has 3 nitrogen and oxygen atoms in total. The number of hydrogen-bond donors (Lipinski definition) is 1. The van der Waals surface area contributed by atoms with Crippen LogP contribution in [0, 0.1) is 0 Å². The van der Waals surface area contributed by atoms with Crippen LogP contribution in [0.3, 0.4) is 0 Å². The molecule has 0 aliphatic carbocycles. The number of benzene rings is 2. The standard InChI is InChI=1S/C15H15Br2NO2/c1-19-14-5-3-4-10(15(14)20-2)9-18-13-7-6-11(16)8-12(13)17/h3-8,18H,9H2,1-2H3. The largest absolute Gasteiger partial charge is 0.493 e. The van der Waals surface area contributed by atoms with E-state index in [0.717, 1.165) is 31.7 Å². The summed E-state index contributed by atoms with van der Waals surface area (Å²) in [5.74, 6) is 1.50. The lowest BCUT2D eigenvalue weighted by molar-refractivity contribution is 0.352. The van der Waals surface area contributed by atoms with Gasteiger partial charge in [-0.25, -0.2) is 0 Å². The average Bonchev–Trinajstić information content (AvgIpc) is 2.45. The van der Waals surface area contributed by atoms with Gasteiger partial charge in [-0.1, -0.05) is 28.1 Å². The van der Waals surface area contributed by atoms with Crippen LogP contribution in [0.25, 0.3) is 0 Å². The van der Waals surface area contributed by atoms with E-state index in [1.54, 1.807) is 14.2 Å². The van der Waals surface area contributed by atoms with Crippen molar-refractivity contribution in [3.05, 3.63) is 50.9 Å². The third-order valence-corrected chi connectivity index (χ3v) is 4.03. The van der Waals surface area contributed by atoms with Crippen molar-refractivity contribution in [2.75, 3.05) is 19.5 Å². The van der Waals surface area contributed by atoms with Gasteiger partial charge in [-0.15, -0.1) is 0 Å². The van der Waals surface area contributed by atoms with Gasteiger partial charge in [0, 0.05) is 26.7 Å². The Morgan fingerprint density at radius 2 is 1.85 bits per heavy atom. The Balaban J connectivity index is 2.18. The van der Waals surface area contributed by atoms with E-state index in [4.69, 9.17) is 9.47 Å². The van der Waals surface area contributed by atoms with Gasteiger partial charge in [0.15, 0.2) is 11.5 Å². The van der Waals surface area contributed by atoms with Gasteiger partial charge in [0.25, 0.3) is 0 Å². The third-order valence-electron chi connectivity index (χ3n) is 2.88. The Morgan fingerprint density at radius 3 is 2.50 bits per heavy atom. The van der Waals surface area contributed by atoms with Gasteiger partial charge in [0.1, 0.15) is 0 Å². The van der Waals surface area contributed by atoms with Gasteiger partial charge >= 0.3 is 0 Å². The average molecular weight is 401 g/mol. The summed E-state index contributed by atoms with van der Waals surface area (Å²) < 4.78 is 12.8. The molecule has 106 valence electrons. The molecule has 20 heavy (non-hydrogen) atoms. The van der Waals surface area contributed by atoms with Crippen molar-refractivity contribution < 1.29 is 9.47 Å². The van der Waals surface area contributed by atoms with Gasteiger partial charge < -0.3 is 14.8 Å². The Hall–Kier alpha value is -1.20. The SMILES string of the molecule is COc1cccc(CNc2ccc(Br)cc2Br)c1OC. The Bertz CT molecular complexity index is 602. The number of ether oxygens (including phenoxy) is 2. The minimum Gasteiger partial charge on any atom is -0.493 e. The molecule has 0 aliphatic heterocycles. The van der Waals surface area contributed by atoms with Crippen molar-refractivity contribution in [1.29, 1.82) is 0 Å². The molecule has 0 fully saturated rings. The van der Waals surface area contributed by atoms with E-state index in [9.17, 15) is 0 Å². The molecule has 0 amide bonds. The van der Waals surface area contributed by atoms with E-state index in [2.05, 4.69) is 37.2 Å². The third kappa shape index (κ3) is 3.46. The number of rotatable bonds is 5. The zero-order chi connectivity index (χ0) is 14.5. The lowest BCUT2D eigenvalue weighted by Gasteiger charge is -2.14. The van der Waals surface area contributed by atoms with Crippen LogP contribution in [0.1, 0.15) is 5.56 Å². The molecular weight excluding hydrogens is 386 g/mol. The van der Waals surface area contributed by atoms with Crippen LogP contribution >= 0.6 is 31.9 Å². The lowest BCUT2D eigenvalue weighted by Crippen LogP contribution is -2.03. The van der Waals surface area contributed by atoms with Gasteiger partial charge in [-0.3, -0.25) is 0 Å². The summed E-state index contributed by atoms with van der Waals surface area (Å²) in [5, 5.41) is 3.38. The minimum absolute atomic E-state index is 0.653. The fraction of sp³-hybridized carbons (Fsp3) is 0.200. The first-order valence-electron chi connectivity index (χ1n) is 6.04. The number of halogens is 2. The molecule has 0 aromatic heterocycles. The summed E-state index contributed by atoms with van der Waals surface area (Å²) in [4.78, 5) is 0. The van der Waals surface area contributed by atoms with Crippen LogP contribution in [0.15, 0.2) is 45.3 Å². The Labute approximate surface area is 135 Å². The van der Waals surface area contributed by atoms with Gasteiger partial charge in [0.05, 0.1) is 14.2 Å². The van der Waals surface area contributed by atoms with Gasteiger partial charge in [-0.2, -0.15) is 0 Å². The molecule has 0 aliphatic rings. The second-order valence-corrected chi connectivity index (χ2v) is 5.90. The first kappa shape index (κ1) is 15.2. The van der Waals surface area contributed by atoms with Crippen molar-refractivity contribution in [3.8, 4) is 11.5 Å². The highest BCUT2D eigenvalue weighted by Gasteiger charge is 2.09. The van der Waals surface area contributed by atoms with Crippen molar-refractivity contribution in [1.82, 2.24) is 0 Å². The summed E-state index contributed by atoms with van der Waals surface area (Å²) in [5.41, 5.74) is 2.07. The van der Waals surface area contributed by atoms with Crippen LogP contribution in [0.2, 0.25) is 0 Å². The van der Waals surface area contributed by atoms with Crippen LogP contribution in [-0.2, 0) is 6.54 Å². The number of nitrogens with one attached hydrogen (secondary N) is 1. The molecule has 2 aromatic carbocycles. The van der Waals surface area contributed by atoms with E-state index >= 15 is 0 Å². The molecule has 1 N–H and O–H groups in total. The van der Waals surface area contributed by atoms with E-state index in [1.165, 1.54) is 0 Å². The van der Waals surface area contributed by atoms with Crippen molar-refractivity contribution >= 4 is 37.5 Å². The molecule has 0 heterocycles. The predicted octanol–water partition coefficient (Wildman–Crippen LogP) is 4.84. The summed E-state index contributed by atoms with van der Waals surface area (Å²) in [7, 11) is 3.29. The van der Waals surface area contributed by atoms with Gasteiger partial charge in [-0.05, 0) is 40.2 Å². The molecule has 0 bridgehead atoms. The molecule has 0 saturated heterocycles. The zero-order valence-corrected chi connectivity index (χ0v) is 14.4. The summed E-state index contributed by atoms with van der Waals surface area (Å²) in [6.45, 7) is 0.653. The molecule has 2 aromatic rings. The molecule has 5 heteroatoms. The first-order valence-corrected chi connectivity index (χ1v) is 7.63. The van der Waals surface area contributed by atoms with E-state index in [-0.39, 0.29) is 0 Å². The van der Waals surface area contributed by atoms with Crippen molar-refractivity contribution in [2.45, 2.75) is 6.54 Å². The molecule has 0 unspecified atom stereocenters. The maximum absolute atomic E-state index is 5.42. The van der Waals surface area contributed by atoms with Crippen LogP contribution in [0.5, 0.6) is 11.5 Å². The predicted molar refractivity (Wildman–Crippen MR) is 88.7 cm³/mol. The summed E-state index contributed by atoms with van der Waals surface area (Å²) in [6.07, 6.45) is 0. The quantitative estimate of drug-likeness (QED) is 0.778. The lowest BCUT2D eigenvalue weighted by atomic mass is 10.1.